The van der Waals surface area contributed by atoms with Crippen LogP contribution >= 0.6 is 0 Å². The number of nitrogens with zero attached hydrogens (tertiary/aromatic N) is 1. The average Bonchev–Trinajstić information content (AvgIpc) is 2.89. The smallest absolute Gasteiger partial charge is 0.243 e. The van der Waals surface area contributed by atoms with Crippen molar-refractivity contribution >= 4 is 15.9 Å². The molecule has 1 saturated heterocycles. The maximum absolute atomic E-state index is 13.4. The van der Waals surface area contributed by atoms with E-state index in [0.29, 0.717) is 31.7 Å². The molecule has 0 radical (unpaired) electrons. The zero-order valence-corrected chi connectivity index (χ0v) is 21.0. The summed E-state index contributed by atoms with van der Waals surface area (Å²) < 4.78 is 33.8. The zero-order chi connectivity index (χ0) is 24.8. The lowest BCUT2D eigenvalue weighted by molar-refractivity contribution is -0.126. The Hall–Kier alpha value is -3.16. The summed E-state index contributed by atoms with van der Waals surface area (Å²) in [4.78, 5) is 13.6. The summed E-state index contributed by atoms with van der Waals surface area (Å²) in [5.41, 5.74) is 2.74. The minimum Gasteiger partial charge on any atom is -0.494 e. The molecule has 0 saturated carbocycles. The van der Waals surface area contributed by atoms with Gasteiger partial charge < -0.3 is 10.1 Å². The Kier molecular flexibility index (Phi) is 7.88. The van der Waals surface area contributed by atoms with Crippen LogP contribution in [0.15, 0.2) is 83.8 Å². The summed E-state index contributed by atoms with van der Waals surface area (Å²) in [6.07, 6.45) is 1.28. The van der Waals surface area contributed by atoms with Crippen molar-refractivity contribution in [3.63, 3.8) is 0 Å². The SMILES string of the molecule is CCOc1ccc(S(=O)(=O)N2CCC[C@@H](C(=O)NC(c3ccccc3)c3ccccc3)C2)cc1C. The first-order valence-corrected chi connectivity index (χ1v) is 13.5. The van der Waals surface area contributed by atoms with Crippen LogP contribution in [0.25, 0.3) is 0 Å². The highest BCUT2D eigenvalue weighted by Gasteiger charge is 2.34. The number of rotatable bonds is 8. The number of carbonyl (C=O) groups is 1. The summed E-state index contributed by atoms with van der Waals surface area (Å²) >= 11 is 0. The van der Waals surface area contributed by atoms with E-state index < -0.39 is 15.9 Å². The Balaban J connectivity index is 1.52. The Morgan fingerprint density at radius 1 is 1.03 bits per heavy atom. The number of sulfonamides is 1. The van der Waals surface area contributed by atoms with Crippen molar-refractivity contribution in [1.29, 1.82) is 0 Å². The van der Waals surface area contributed by atoms with Crippen LogP contribution in [0.2, 0.25) is 0 Å². The third kappa shape index (κ3) is 5.74. The second-order valence-corrected chi connectivity index (χ2v) is 10.8. The van der Waals surface area contributed by atoms with Crippen LogP contribution in [0.4, 0.5) is 0 Å². The fourth-order valence-corrected chi connectivity index (χ4v) is 6.14. The summed E-state index contributed by atoms with van der Waals surface area (Å²) in [5.74, 6) is 0.123. The number of hydrogen-bond donors (Lipinski definition) is 1. The molecule has 1 amide bonds. The van der Waals surface area contributed by atoms with Crippen LogP contribution in [0.5, 0.6) is 5.75 Å². The molecule has 0 bridgehead atoms. The lowest BCUT2D eigenvalue weighted by Gasteiger charge is -2.32. The van der Waals surface area contributed by atoms with E-state index in [1.807, 2.05) is 74.5 Å². The lowest BCUT2D eigenvalue weighted by Crippen LogP contribution is -2.46. The van der Waals surface area contributed by atoms with E-state index in [1.54, 1.807) is 18.2 Å². The number of piperidine rings is 1. The number of benzene rings is 3. The number of aryl methyl sites for hydroxylation is 1. The lowest BCUT2D eigenvalue weighted by atomic mass is 9.95. The van der Waals surface area contributed by atoms with Crippen molar-refractivity contribution in [2.24, 2.45) is 5.92 Å². The van der Waals surface area contributed by atoms with E-state index in [9.17, 15) is 13.2 Å². The second-order valence-electron chi connectivity index (χ2n) is 8.83. The minimum atomic E-state index is -3.72. The zero-order valence-electron chi connectivity index (χ0n) is 20.2. The van der Waals surface area contributed by atoms with Crippen molar-refractivity contribution < 1.29 is 17.9 Å². The average molecular weight is 493 g/mol. The predicted molar refractivity (Wildman–Crippen MR) is 137 cm³/mol. The maximum atomic E-state index is 13.4. The molecule has 0 aliphatic carbocycles. The van der Waals surface area contributed by atoms with Gasteiger partial charge in [-0.25, -0.2) is 8.42 Å². The van der Waals surface area contributed by atoms with Gasteiger partial charge in [0.1, 0.15) is 5.75 Å². The van der Waals surface area contributed by atoms with Crippen LogP contribution in [0.1, 0.15) is 42.5 Å². The Bertz CT molecular complexity index is 1210. The fraction of sp³-hybridized carbons (Fsp3) is 0.321. The van der Waals surface area contributed by atoms with E-state index in [2.05, 4.69) is 5.32 Å². The van der Waals surface area contributed by atoms with Gasteiger partial charge in [-0.05, 0) is 61.6 Å². The molecule has 0 unspecified atom stereocenters. The van der Waals surface area contributed by atoms with E-state index in [4.69, 9.17) is 4.74 Å². The summed E-state index contributed by atoms with van der Waals surface area (Å²) in [5, 5.41) is 3.18. The van der Waals surface area contributed by atoms with Crippen LogP contribution < -0.4 is 10.1 Å². The highest BCUT2D eigenvalue weighted by molar-refractivity contribution is 7.89. The first-order valence-electron chi connectivity index (χ1n) is 12.0. The van der Waals surface area contributed by atoms with Gasteiger partial charge in [0.05, 0.1) is 23.5 Å². The molecule has 184 valence electrons. The summed E-state index contributed by atoms with van der Waals surface area (Å²) in [6, 6.07) is 24.3. The molecule has 7 heteroatoms. The van der Waals surface area contributed by atoms with Gasteiger partial charge >= 0.3 is 0 Å². The standard InChI is InChI=1S/C28H32N2O4S/c1-3-34-26-17-16-25(19-21(26)2)35(32,33)30-18-10-15-24(20-30)28(31)29-27(22-11-6-4-7-12-22)23-13-8-5-9-14-23/h4-9,11-14,16-17,19,24,27H,3,10,15,18,20H2,1-2H3,(H,29,31)/t24-/m1/s1. The van der Waals surface area contributed by atoms with Crippen molar-refractivity contribution in [3.05, 3.63) is 95.6 Å². The molecular formula is C28H32N2O4S. The van der Waals surface area contributed by atoms with Gasteiger partial charge in [-0.3, -0.25) is 4.79 Å². The highest BCUT2D eigenvalue weighted by atomic mass is 32.2. The number of ether oxygens (including phenoxy) is 1. The first kappa shape index (κ1) is 24.9. The molecule has 35 heavy (non-hydrogen) atoms. The van der Waals surface area contributed by atoms with E-state index in [1.165, 1.54) is 4.31 Å². The maximum Gasteiger partial charge on any atom is 0.243 e. The number of hydrogen-bond acceptors (Lipinski definition) is 4. The minimum absolute atomic E-state index is 0.134. The largest absolute Gasteiger partial charge is 0.494 e. The Labute approximate surface area is 208 Å². The molecule has 0 spiro atoms. The van der Waals surface area contributed by atoms with Crippen LogP contribution in [-0.4, -0.2) is 38.3 Å². The van der Waals surface area contributed by atoms with E-state index >= 15 is 0 Å². The molecule has 1 heterocycles. The second kappa shape index (κ2) is 11.1. The molecule has 3 aromatic carbocycles. The topological polar surface area (TPSA) is 75.7 Å². The third-order valence-electron chi connectivity index (χ3n) is 6.39. The van der Waals surface area contributed by atoms with Gasteiger partial charge in [0.25, 0.3) is 0 Å². The monoisotopic (exact) mass is 492 g/mol. The molecule has 1 aliphatic heterocycles. The third-order valence-corrected chi connectivity index (χ3v) is 8.25. The van der Waals surface area contributed by atoms with E-state index in [0.717, 1.165) is 16.7 Å². The number of amides is 1. The van der Waals surface area contributed by atoms with Crippen molar-refractivity contribution in [2.75, 3.05) is 19.7 Å². The quantitative estimate of drug-likeness (QED) is 0.495. The Morgan fingerprint density at radius 2 is 1.66 bits per heavy atom. The molecule has 1 fully saturated rings. The molecule has 1 atom stereocenters. The van der Waals surface area contributed by atoms with Gasteiger partial charge in [-0.15, -0.1) is 0 Å². The highest BCUT2D eigenvalue weighted by Crippen LogP contribution is 2.29. The van der Waals surface area contributed by atoms with Crippen LogP contribution in [0.3, 0.4) is 0 Å². The fourth-order valence-electron chi connectivity index (χ4n) is 4.53. The van der Waals surface area contributed by atoms with Gasteiger partial charge in [-0.2, -0.15) is 4.31 Å². The molecule has 6 nitrogen and oxygen atoms in total. The molecule has 1 aliphatic rings. The Morgan fingerprint density at radius 3 is 2.23 bits per heavy atom. The van der Waals surface area contributed by atoms with Crippen LogP contribution in [0, 0.1) is 12.8 Å². The van der Waals surface area contributed by atoms with E-state index in [-0.39, 0.29) is 23.4 Å². The number of nitrogens with one attached hydrogen (secondary N) is 1. The molecule has 3 aromatic rings. The molecular weight excluding hydrogens is 460 g/mol. The summed E-state index contributed by atoms with van der Waals surface area (Å²) in [7, 11) is -3.72. The van der Waals surface area contributed by atoms with Crippen molar-refractivity contribution in [1.82, 2.24) is 9.62 Å². The van der Waals surface area contributed by atoms with Gasteiger partial charge in [0.2, 0.25) is 15.9 Å². The normalized spacial score (nSPS) is 16.7. The van der Waals surface area contributed by atoms with Gasteiger partial charge in [0.15, 0.2) is 0 Å². The van der Waals surface area contributed by atoms with Gasteiger partial charge in [-0.1, -0.05) is 60.7 Å². The molecule has 4 rings (SSSR count). The summed E-state index contributed by atoms with van der Waals surface area (Å²) in [6.45, 7) is 4.81. The predicted octanol–water partition coefficient (Wildman–Crippen LogP) is 4.70. The number of carbonyl (C=O) groups excluding carboxylic acids is 1. The van der Waals surface area contributed by atoms with Crippen molar-refractivity contribution in [2.45, 2.75) is 37.6 Å². The first-order chi connectivity index (χ1) is 16.9. The van der Waals surface area contributed by atoms with Crippen LogP contribution in [-0.2, 0) is 14.8 Å². The van der Waals surface area contributed by atoms with Gasteiger partial charge in [0, 0.05) is 13.1 Å². The van der Waals surface area contributed by atoms with Crippen molar-refractivity contribution in [3.8, 4) is 5.75 Å². The molecule has 1 N–H and O–H groups in total. The molecule has 0 aromatic heterocycles.